The summed E-state index contributed by atoms with van der Waals surface area (Å²) in [5.41, 5.74) is 3.45. The molecule has 96 valence electrons. The second-order valence-electron chi connectivity index (χ2n) is 4.76. The van der Waals surface area contributed by atoms with E-state index < -0.39 is 0 Å². The van der Waals surface area contributed by atoms with Crippen molar-refractivity contribution in [3.63, 3.8) is 0 Å². The van der Waals surface area contributed by atoms with Crippen LogP contribution < -0.4 is 0 Å². The van der Waals surface area contributed by atoms with Crippen molar-refractivity contribution in [2.75, 3.05) is 0 Å². The van der Waals surface area contributed by atoms with Gasteiger partial charge in [-0.2, -0.15) is 0 Å². The minimum absolute atomic E-state index is 0.289. The average Bonchev–Trinajstić information content (AvgIpc) is 3.01. The van der Waals surface area contributed by atoms with Crippen LogP contribution in [0, 0.1) is 0 Å². The van der Waals surface area contributed by atoms with Crippen molar-refractivity contribution in [1.82, 2.24) is 4.98 Å². The van der Waals surface area contributed by atoms with Crippen LogP contribution in [0.2, 0.25) is 0 Å². The Kier molecular flexibility index (Phi) is 2.27. The molecular formula is C17H11NO2. The summed E-state index contributed by atoms with van der Waals surface area (Å²) in [5, 5.41) is 1.14. The number of carbonyl (C=O) groups is 1. The van der Waals surface area contributed by atoms with Gasteiger partial charge >= 0.3 is 5.97 Å². The quantitative estimate of drug-likeness (QED) is 0.676. The summed E-state index contributed by atoms with van der Waals surface area (Å²) >= 11 is 0. The molecule has 0 amide bonds. The third-order valence-corrected chi connectivity index (χ3v) is 3.45. The highest BCUT2D eigenvalue weighted by atomic mass is 16.5. The summed E-state index contributed by atoms with van der Waals surface area (Å²) in [6, 6.07) is 17.5. The molecule has 0 spiro atoms. The fourth-order valence-electron chi connectivity index (χ4n) is 2.51. The highest BCUT2D eigenvalue weighted by molar-refractivity contribution is 6.05. The molecule has 0 atom stereocenters. The molecule has 4 rings (SSSR count). The van der Waals surface area contributed by atoms with E-state index in [0.29, 0.717) is 11.3 Å². The fraction of sp³-hybridized carbons (Fsp3) is 0. The zero-order valence-corrected chi connectivity index (χ0v) is 10.6. The van der Waals surface area contributed by atoms with Crippen molar-refractivity contribution < 1.29 is 9.53 Å². The van der Waals surface area contributed by atoms with E-state index in [1.165, 1.54) is 0 Å². The Morgan fingerprint density at radius 3 is 2.55 bits per heavy atom. The Morgan fingerprint density at radius 2 is 1.70 bits per heavy atom. The van der Waals surface area contributed by atoms with Gasteiger partial charge in [0.2, 0.25) is 0 Å². The van der Waals surface area contributed by atoms with Gasteiger partial charge < -0.3 is 9.72 Å². The van der Waals surface area contributed by atoms with Gasteiger partial charge in [0.1, 0.15) is 5.76 Å². The summed E-state index contributed by atoms with van der Waals surface area (Å²) < 4.78 is 5.33. The molecule has 1 N–H and O–H groups in total. The number of esters is 1. The van der Waals surface area contributed by atoms with Crippen molar-refractivity contribution in [3.05, 3.63) is 71.4 Å². The molecule has 0 aliphatic carbocycles. The zero-order chi connectivity index (χ0) is 13.5. The first kappa shape index (κ1) is 11.1. The highest BCUT2D eigenvalue weighted by Gasteiger charge is 2.25. The summed E-state index contributed by atoms with van der Waals surface area (Å²) in [5.74, 6) is 0.306. The van der Waals surface area contributed by atoms with Crippen LogP contribution in [0.15, 0.2) is 54.6 Å². The standard InChI is InChI=1S/C17H11NO2/c19-17-14-7-3-2-6-13(14)16(20-17)10-12-9-11-5-1-4-8-15(11)18-12/h1-10,18H/b16-10-. The molecular weight excluding hydrogens is 250 g/mol. The first-order valence-corrected chi connectivity index (χ1v) is 6.42. The highest BCUT2D eigenvalue weighted by Crippen LogP contribution is 2.31. The molecule has 1 aliphatic heterocycles. The van der Waals surface area contributed by atoms with E-state index in [2.05, 4.69) is 4.98 Å². The van der Waals surface area contributed by atoms with E-state index in [9.17, 15) is 4.79 Å². The molecule has 1 aliphatic rings. The Morgan fingerprint density at radius 1 is 0.950 bits per heavy atom. The Hall–Kier alpha value is -2.81. The maximum atomic E-state index is 11.8. The third kappa shape index (κ3) is 1.64. The van der Waals surface area contributed by atoms with Crippen LogP contribution in [0.1, 0.15) is 21.6 Å². The lowest BCUT2D eigenvalue weighted by atomic mass is 10.1. The van der Waals surface area contributed by atoms with Crippen LogP contribution in [0.25, 0.3) is 22.7 Å². The van der Waals surface area contributed by atoms with Crippen LogP contribution in [-0.4, -0.2) is 11.0 Å². The molecule has 0 saturated carbocycles. The van der Waals surface area contributed by atoms with Crippen LogP contribution in [-0.2, 0) is 4.74 Å². The second-order valence-corrected chi connectivity index (χ2v) is 4.76. The predicted molar refractivity (Wildman–Crippen MR) is 78.0 cm³/mol. The number of aromatic nitrogens is 1. The lowest BCUT2D eigenvalue weighted by molar-refractivity contribution is 0.0717. The molecule has 0 radical (unpaired) electrons. The summed E-state index contributed by atoms with van der Waals surface area (Å²) in [4.78, 5) is 15.1. The maximum Gasteiger partial charge on any atom is 0.344 e. The number of fused-ring (bicyclic) bond motifs is 2. The minimum Gasteiger partial charge on any atom is -0.422 e. The number of para-hydroxylation sites is 1. The average molecular weight is 261 g/mol. The number of hydrogen-bond acceptors (Lipinski definition) is 2. The molecule has 0 saturated heterocycles. The minimum atomic E-state index is -0.289. The summed E-state index contributed by atoms with van der Waals surface area (Å²) in [6.45, 7) is 0. The largest absolute Gasteiger partial charge is 0.422 e. The maximum absolute atomic E-state index is 11.8. The SMILES string of the molecule is O=C1O/C(=C\c2cc3ccccc3[nH]2)c2ccccc21. The van der Waals surface area contributed by atoms with Gasteiger partial charge in [0.25, 0.3) is 0 Å². The molecule has 2 aromatic carbocycles. The summed E-state index contributed by atoms with van der Waals surface area (Å²) in [7, 11) is 0. The fourth-order valence-corrected chi connectivity index (χ4v) is 2.51. The molecule has 0 bridgehead atoms. The molecule has 20 heavy (non-hydrogen) atoms. The van der Waals surface area contributed by atoms with Gasteiger partial charge in [-0.15, -0.1) is 0 Å². The van der Waals surface area contributed by atoms with Crippen molar-refractivity contribution in [2.45, 2.75) is 0 Å². The van der Waals surface area contributed by atoms with Gasteiger partial charge in [-0.05, 0) is 23.6 Å². The zero-order valence-electron chi connectivity index (χ0n) is 10.6. The van der Waals surface area contributed by atoms with Crippen LogP contribution in [0.5, 0.6) is 0 Å². The molecule has 3 aromatic rings. The number of cyclic esters (lactones) is 1. The number of benzene rings is 2. The smallest absolute Gasteiger partial charge is 0.344 e. The van der Waals surface area contributed by atoms with Crippen molar-refractivity contribution in [1.29, 1.82) is 0 Å². The molecule has 3 heteroatoms. The first-order chi connectivity index (χ1) is 9.81. The normalized spacial score (nSPS) is 15.6. The second kappa shape index (κ2) is 4.10. The Balaban J connectivity index is 1.83. The van der Waals surface area contributed by atoms with E-state index in [0.717, 1.165) is 22.2 Å². The predicted octanol–water partition coefficient (Wildman–Crippen LogP) is 3.84. The molecule has 0 fully saturated rings. The Labute approximate surface area is 115 Å². The number of hydrogen-bond donors (Lipinski definition) is 1. The number of carbonyl (C=O) groups excluding carboxylic acids is 1. The number of H-pyrrole nitrogens is 1. The van der Waals surface area contributed by atoms with Gasteiger partial charge in [0, 0.05) is 22.9 Å². The first-order valence-electron chi connectivity index (χ1n) is 6.42. The Bertz CT molecular complexity index is 825. The van der Waals surface area contributed by atoms with E-state index in [-0.39, 0.29) is 5.97 Å². The monoisotopic (exact) mass is 261 g/mol. The van der Waals surface area contributed by atoms with Gasteiger partial charge in [0.05, 0.1) is 5.56 Å². The number of ether oxygens (including phenoxy) is 1. The summed E-state index contributed by atoms with van der Waals surface area (Å²) in [6.07, 6.45) is 1.86. The van der Waals surface area contributed by atoms with Gasteiger partial charge in [-0.25, -0.2) is 4.79 Å². The molecule has 2 heterocycles. The number of nitrogens with one attached hydrogen (secondary N) is 1. The number of rotatable bonds is 1. The van der Waals surface area contributed by atoms with Crippen LogP contribution in [0.3, 0.4) is 0 Å². The molecule has 0 unspecified atom stereocenters. The van der Waals surface area contributed by atoms with E-state index >= 15 is 0 Å². The van der Waals surface area contributed by atoms with Crippen LogP contribution in [0.4, 0.5) is 0 Å². The van der Waals surface area contributed by atoms with E-state index in [1.54, 1.807) is 6.07 Å². The van der Waals surface area contributed by atoms with Crippen molar-refractivity contribution in [2.24, 2.45) is 0 Å². The topological polar surface area (TPSA) is 42.1 Å². The van der Waals surface area contributed by atoms with Crippen LogP contribution >= 0.6 is 0 Å². The van der Waals surface area contributed by atoms with Gasteiger partial charge in [-0.3, -0.25) is 0 Å². The lowest BCUT2D eigenvalue weighted by Gasteiger charge is -1.96. The van der Waals surface area contributed by atoms with E-state index in [1.807, 2.05) is 54.6 Å². The van der Waals surface area contributed by atoms with Crippen molar-refractivity contribution >= 4 is 28.7 Å². The number of aromatic amines is 1. The third-order valence-electron chi connectivity index (χ3n) is 3.45. The molecule has 1 aromatic heterocycles. The van der Waals surface area contributed by atoms with Gasteiger partial charge in [0.15, 0.2) is 0 Å². The van der Waals surface area contributed by atoms with E-state index in [4.69, 9.17) is 4.74 Å². The van der Waals surface area contributed by atoms with Crippen molar-refractivity contribution in [3.8, 4) is 0 Å². The molecule has 3 nitrogen and oxygen atoms in total. The lowest BCUT2D eigenvalue weighted by Crippen LogP contribution is -1.92. The van der Waals surface area contributed by atoms with Gasteiger partial charge in [-0.1, -0.05) is 36.4 Å².